The van der Waals surface area contributed by atoms with Crippen LogP contribution in [0.3, 0.4) is 0 Å². The fourth-order valence-corrected chi connectivity index (χ4v) is 2.67. The Labute approximate surface area is 150 Å². The molecule has 22 heavy (non-hydrogen) atoms. The molecular weight excluding hydrogens is 330 g/mol. The topological polar surface area (TPSA) is 57.5 Å². The number of unbranched alkanes of at least 4 members (excludes halogenated alkanes) is 10. The van der Waals surface area contributed by atoms with E-state index in [0.717, 1.165) is 38.5 Å². The van der Waals surface area contributed by atoms with E-state index in [1.807, 2.05) is 0 Å². The second-order valence-corrected chi connectivity index (χ2v) is 6.26. The van der Waals surface area contributed by atoms with Crippen molar-refractivity contribution in [1.29, 1.82) is 0 Å². The zero-order valence-corrected chi connectivity index (χ0v) is 17.7. The minimum atomic E-state index is -0.678. The van der Waals surface area contributed by atoms with Crippen molar-refractivity contribution in [2.75, 3.05) is 0 Å². The molecule has 3 nitrogen and oxygen atoms in total. The zero-order chi connectivity index (χ0) is 15.8. The van der Waals surface area contributed by atoms with Crippen LogP contribution >= 0.6 is 0 Å². The molecule has 0 aromatic rings. The standard InChI is InChI=1S/C18H36O3.Zn/c1-2-3-4-11-14-17(19)15-12-9-7-5-6-8-10-13-16-18(20)21;/h17,19H,2-16H2,1H3,(H,20,21);. The normalized spacial score (nSPS) is 11.9. The molecule has 0 aliphatic rings. The molecule has 4 heteroatoms. The third-order valence-electron chi connectivity index (χ3n) is 4.07. The van der Waals surface area contributed by atoms with E-state index in [1.54, 1.807) is 0 Å². The minimum absolute atomic E-state index is 0. The van der Waals surface area contributed by atoms with Crippen molar-refractivity contribution in [2.24, 2.45) is 0 Å². The van der Waals surface area contributed by atoms with Crippen LogP contribution in [-0.4, -0.2) is 22.3 Å². The molecule has 0 heterocycles. The second kappa shape index (κ2) is 19.1. The summed E-state index contributed by atoms with van der Waals surface area (Å²) in [5.74, 6) is -0.678. The average molecular weight is 366 g/mol. The van der Waals surface area contributed by atoms with Gasteiger partial charge in [0.25, 0.3) is 0 Å². The Morgan fingerprint density at radius 1 is 0.773 bits per heavy atom. The van der Waals surface area contributed by atoms with Gasteiger partial charge in [-0.3, -0.25) is 4.79 Å². The van der Waals surface area contributed by atoms with Gasteiger partial charge < -0.3 is 10.2 Å². The molecule has 0 rings (SSSR count). The first-order chi connectivity index (χ1) is 10.2. The number of aliphatic carboxylic acids is 1. The van der Waals surface area contributed by atoms with Gasteiger partial charge in [0, 0.05) is 25.9 Å². The van der Waals surface area contributed by atoms with E-state index in [9.17, 15) is 9.90 Å². The summed E-state index contributed by atoms with van der Waals surface area (Å²) in [6.45, 7) is 2.21. The van der Waals surface area contributed by atoms with Gasteiger partial charge in [-0.05, 0) is 19.3 Å². The van der Waals surface area contributed by atoms with Crippen LogP contribution in [0, 0.1) is 0 Å². The number of hydrogen-bond donors (Lipinski definition) is 2. The Kier molecular flexibility index (Phi) is 21.1. The smallest absolute Gasteiger partial charge is 0.303 e. The van der Waals surface area contributed by atoms with Crippen LogP contribution in [-0.2, 0) is 24.3 Å². The summed E-state index contributed by atoms with van der Waals surface area (Å²) in [5, 5.41) is 18.4. The van der Waals surface area contributed by atoms with E-state index < -0.39 is 5.97 Å². The van der Waals surface area contributed by atoms with Gasteiger partial charge in [0.15, 0.2) is 0 Å². The van der Waals surface area contributed by atoms with Gasteiger partial charge in [0.1, 0.15) is 0 Å². The molecule has 2 N–H and O–H groups in total. The van der Waals surface area contributed by atoms with Crippen LogP contribution in [0.2, 0.25) is 0 Å². The van der Waals surface area contributed by atoms with Gasteiger partial charge in [-0.1, -0.05) is 77.6 Å². The molecule has 0 fully saturated rings. The Hall–Kier alpha value is 0.0534. The zero-order valence-electron chi connectivity index (χ0n) is 14.7. The van der Waals surface area contributed by atoms with Crippen molar-refractivity contribution in [3.05, 3.63) is 0 Å². The van der Waals surface area contributed by atoms with Gasteiger partial charge in [-0.15, -0.1) is 0 Å². The van der Waals surface area contributed by atoms with Crippen molar-refractivity contribution in [2.45, 2.75) is 109 Å². The molecule has 0 spiro atoms. The predicted molar refractivity (Wildman–Crippen MR) is 88.6 cm³/mol. The molecule has 0 saturated carbocycles. The summed E-state index contributed by atoms with van der Waals surface area (Å²) in [6.07, 6.45) is 16.3. The summed E-state index contributed by atoms with van der Waals surface area (Å²) in [6, 6.07) is 0. The molecule has 0 amide bonds. The van der Waals surface area contributed by atoms with E-state index in [2.05, 4.69) is 6.92 Å². The molecule has 0 radical (unpaired) electrons. The number of carboxylic acid groups (broad SMARTS) is 1. The van der Waals surface area contributed by atoms with E-state index in [1.165, 1.54) is 51.4 Å². The minimum Gasteiger partial charge on any atom is -0.481 e. The van der Waals surface area contributed by atoms with Crippen molar-refractivity contribution in [3.63, 3.8) is 0 Å². The molecule has 0 saturated heterocycles. The summed E-state index contributed by atoms with van der Waals surface area (Å²) < 4.78 is 0. The number of aliphatic hydroxyl groups is 1. The maximum Gasteiger partial charge on any atom is 0.303 e. The Balaban J connectivity index is 0. The van der Waals surface area contributed by atoms with Crippen LogP contribution in [0.5, 0.6) is 0 Å². The van der Waals surface area contributed by atoms with Gasteiger partial charge in [0.05, 0.1) is 6.10 Å². The molecule has 0 aliphatic heterocycles. The molecule has 128 valence electrons. The van der Waals surface area contributed by atoms with E-state index in [-0.39, 0.29) is 25.6 Å². The first-order valence-electron chi connectivity index (χ1n) is 9.06. The summed E-state index contributed by atoms with van der Waals surface area (Å²) >= 11 is 0. The first kappa shape index (κ1) is 24.3. The van der Waals surface area contributed by atoms with Gasteiger partial charge in [-0.25, -0.2) is 0 Å². The number of hydrogen-bond acceptors (Lipinski definition) is 2. The van der Waals surface area contributed by atoms with Gasteiger partial charge >= 0.3 is 5.97 Å². The van der Waals surface area contributed by atoms with Crippen LogP contribution < -0.4 is 0 Å². The summed E-state index contributed by atoms with van der Waals surface area (Å²) in [4.78, 5) is 10.3. The van der Waals surface area contributed by atoms with Crippen molar-refractivity contribution < 1.29 is 34.5 Å². The average Bonchev–Trinajstić information content (AvgIpc) is 2.45. The monoisotopic (exact) mass is 364 g/mol. The molecule has 0 bridgehead atoms. The summed E-state index contributed by atoms with van der Waals surface area (Å²) in [7, 11) is 0. The second-order valence-electron chi connectivity index (χ2n) is 6.26. The van der Waals surface area contributed by atoms with E-state index in [4.69, 9.17) is 5.11 Å². The van der Waals surface area contributed by atoms with Crippen molar-refractivity contribution in [1.82, 2.24) is 0 Å². The van der Waals surface area contributed by atoms with Crippen LogP contribution in [0.15, 0.2) is 0 Å². The van der Waals surface area contributed by atoms with Gasteiger partial charge in [-0.2, -0.15) is 0 Å². The number of carbonyl (C=O) groups is 1. The van der Waals surface area contributed by atoms with Crippen molar-refractivity contribution >= 4 is 5.97 Å². The Morgan fingerprint density at radius 2 is 1.18 bits per heavy atom. The third kappa shape index (κ3) is 20.1. The molecule has 1 atom stereocenters. The molecule has 1 unspecified atom stereocenters. The van der Waals surface area contributed by atoms with Crippen LogP contribution in [0.4, 0.5) is 0 Å². The quantitative estimate of drug-likeness (QED) is 0.288. The maximum atomic E-state index is 10.3. The number of aliphatic hydroxyl groups excluding tert-OH is 1. The Morgan fingerprint density at radius 3 is 1.64 bits per heavy atom. The van der Waals surface area contributed by atoms with E-state index >= 15 is 0 Å². The SMILES string of the molecule is CCCCCCC(O)CCCCCCCCCCC(=O)O.[Zn]. The van der Waals surface area contributed by atoms with E-state index in [0.29, 0.717) is 6.42 Å². The summed E-state index contributed by atoms with van der Waals surface area (Å²) in [5.41, 5.74) is 0. The fraction of sp³-hybridized carbons (Fsp3) is 0.944. The predicted octanol–water partition coefficient (Wildman–Crippen LogP) is 5.30. The molecule has 0 aromatic heterocycles. The first-order valence-corrected chi connectivity index (χ1v) is 9.06. The maximum absolute atomic E-state index is 10.3. The largest absolute Gasteiger partial charge is 0.481 e. The number of rotatable bonds is 16. The van der Waals surface area contributed by atoms with Crippen molar-refractivity contribution in [3.8, 4) is 0 Å². The molecule has 0 aliphatic carbocycles. The third-order valence-corrected chi connectivity index (χ3v) is 4.07. The number of carboxylic acids is 1. The molecule has 0 aromatic carbocycles. The Bertz CT molecular complexity index is 234. The molecular formula is C18H36O3Zn. The fourth-order valence-electron chi connectivity index (χ4n) is 2.67. The van der Waals surface area contributed by atoms with Crippen LogP contribution in [0.25, 0.3) is 0 Å². The van der Waals surface area contributed by atoms with Crippen LogP contribution in [0.1, 0.15) is 103 Å². The van der Waals surface area contributed by atoms with Gasteiger partial charge in [0.2, 0.25) is 0 Å².